The van der Waals surface area contributed by atoms with E-state index in [1.807, 2.05) is 25.1 Å². The predicted octanol–water partition coefficient (Wildman–Crippen LogP) is 4.41. The molecule has 0 aliphatic heterocycles. The molecular weight excluding hydrogens is 344 g/mol. The van der Waals surface area contributed by atoms with Crippen molar-refractivity contribution in [3.8, 4) is 11.3 Å². The quantitative estimate of drug-likeness (QED) is 0.751. The zero-order chi connectivity index (χ0) is 18.0. The second kappa shape index (κ2) is 6.98. The van der Waals surface area contributed by atoms with Gasteiger partial charge in [0.15, 0.2) is 5.13 Å². The number of benzene rings is 2. The third-order valence-electron chi connectivity index (χ3n) is 3.55. The van der Waals surface area contributed by atoms with Crippen LogP contribution in [-0.4, -0.2) is 25.0 Å². The minimum atomic E-state index is -0.566. The van der Waals surface area contributed by atoms with E-state index in [0.29, 0.717) is 10.7 Å². The van der Waals surface area contributed by atoms with Crippen LogP contribution >= 0.6 is 11.3 Å². The highest BCUT2D eigenvalue weighted by molar-refractivity contribution is 7.14. The standard InChI is InChI=1S/C18H15F2N3OS/c1-23(2)13-5-3-4-11(8-13)17(24)22-18-21-16(10-25-18)14-9-12(19)6-7-15(14)20/h3-10H,1-2H3,(H,21,22,24). The van der Waals surface area contributed by atoms with Gasteiger partial charge in [0.25, 0.3) is 5.91 Å². The van der Waals surface area contributed by atoms with E-state index in [1.165, 1.54) is 0 Å². The number of anilines is 2. The van der Waals surface area contributed by atoms with Crippen LogP contribution in [0.5, 0.6) is 0 Å². The Kier molecular flexibility index (Phi) is 4.76. The van der Waals surface area contributed by atoms with Crippen molar-refractivity contribution in [1.82, 2.24) is 4.98 Å². The zero-order valence-corrected chi connectivity index (χ0v) is 14.4. The van der Waals surface area contributed by atoms with E-state index in [4.69, 9.17) is 0 Å². The van der Waals surface area contributed by atoms with Crippen LogP contribution in [0.15, 0.2) is 47.8 Å². The molecule has 2 aromatic carbocycles. The van der Waals surface area contributed by atoms with Crippen molar-refractivity contribution in [1.29, 1.82) is 0 Å². The van der Waals surface area contributed by atoms with Crippen molar-refractivity contribution < 1.29 is 13.6 Å². The van der Waals surface area contributed by atoms with Gasteiger partial charge in [-0.2, -0.15) is 0 Å². The number of carbonyl (C=O) groups is 1. The van der Waals surface area contributed by atoms with E-state index < -0.39 is 11.6 Å². The molecule has 0 saturated carbocycles. The number of rotatable bonds is 4. The van der Waals surface area contributed by atoms with Crippen molar-refractivity contribution in [2.75, 3.05) is 24.3 Å². The van der Waals surface area contributed by atoms with Gasteiger partial charge in [-0.15, -0.1) is 11.3 Å². The smallest absolute Gasteiger partial charge is 0.257 e. The maximum absolute atomic E-state index is 13.8. The van der Waals surface area contributed by atoms with Gasteiger partial charge >= 0.3 is 0 Å². The molecule has 1 N–H and O–H groups in total. The first-order valence-corrected chi connectivity index (χ1v) is 8.31. The average molecular weight is 359 g/mol. The Balaban J connectivity index is 1.80. The second-order valence-electron chi connectivity index (χ2n) is 5.56. The van der Waals surface area contributed by atoms with E-state index in [2.05, 4.69) is 10.3 Å². The lowest BCUT2D eigenvalue weighted by Crippen LogP contribution is -2.14. The minimum Gasteiger partial charge on any atom is -0.378 e. The summed E-state index contributed by atoms with van der Waals surface area (Å²) < 4.78 is 27.1. The van der Waals surface area contributed by atoms with Crippen LogP contribution in [0.2, 0.25) is 0 Å². The first-order chi connectivity index (χ1) is 11.9. The van der Waals surface area contributed by atoms with Crippen molar-refractivity contribution in [3.05, 3.63) is 65.0 Å². The van der Waals surface area contributed by atoms with E-state index in [9.17, 15) is 13.6 Å². The van der Waals surface area contributed by atoms with Crippen molar-refractivity contribution in [3.63, 3.8) is 0 Å². The molecule has 0 aliphatic rings. The summed E-state index contributed by atoms with van der Waals surface area (Å²) in [6.07, 6.45) is 0. The molecule has 0 atom stereocenters. The molecule has 128 valence electrons. The molecule has 0 aliphatic carbocycles. The Morgan fingerprint density at radius 3 is 2.72 bits per heavy atom. The molecule has 1 aromatic heterocycles. The van der Waals surface area contributed by atoms with Crippen LogP contribution in [0.3, 0.4) is 0 Å². The van der Waals surface area contributed by atoms with Crippen LogP contribution in [-0.2, 0) is 0 Å². The highest BCUT2D eigenvalue weighted by Crippen LogP contribution is 2.28. The average Bonchev–Trinajstić information content (AvgIpc) is 3.05. The lowest BCUT2D eigenvalue weighted by atomic mass is 10.1. The number of hydrogen-bond donors (Lipinski definition) is 1. The molecule has 0 unspecified atom stereocenters. The summed E-state index contributed by atoms with van der Waals surface area (Å²) in [6.45, 7) is 0. The molecular formula is C18H15F2N3OS. The molecule has 0 fully saturated rings. The van der Waals surface area contributed by atoms with Gasteiger partial charge in [0.1, 0.15) is 11.6 Å². The number of nitrogens with zero attached hydrogens (tertiary/aromatic N) is 2. The Labute approximate surface area is 147 Å². The fourth-order valence-electron chi connectivity index (χ4n) is 2.24. The van der Waals surface area contributed by atoms with Crippen LogP contribution < -0.4 is 10.2 Å². The van der Waals surface area contributed by atoms with Gasteiger partial charge in [0, 0.05) is 36.3 Å². The van der Waals surface area contributed by atoms with Gasteiger partial charge in [0.05, 0.1) is 5.69 Å². The lowest BCUT2D eigenvalue weighted by molar-refractivity contribution is 0.102. The summed E-state index contributed by atoms with van der Waals surface area (Å²) in [4.78, 5) is 18.4. The first-order valence-electron chi connectivity index (χ1n) is 7.44. The molecule has 3 aromatic rings. The third kappa shape index (κ3) is 3.83. The van der Waals surface area contributed by atoms with Crippen molar-refractivity contribution in [2.45, 2.75) is 0 Å². The van der Waals surface area contributed by atoms with Gasteiger partial charge in [-0.3, -0.25) is 10.1 Å². The number of thiazole rings is 1. The topological polar surface area (TPSA) is 45.2 Å². The SMILES string of the molecule is CN(C)c1cccc(C(=O)Nc2nc(-c3cc(F)ccc3F)cs2)c1. The molecule has 4 nitrogen and oxygen atoms in total. The number of hydrogen-bond acceptors (Lipinski definition) is 4. The monoisotopic (exact) mass is 359 g/mol. The Morgan fingerprint density at radius 1 is 1.16 bits per heavy atom. The minimum absolute atomic E-state index is 0.0614. The normalized spacial score (nSPS) is 10.6. The third-order valence-corrected chi connectivity index (χ3v) is 4.31. The molecule has 0 radical (unpaired) electrons. The van der Waals surface area contributed by atoms with Gasteiger partial charge in [-0.25, -0.2) is 13.8 Å². The zero-order valence-electron chi connectivity index (χ0n) is 13.6. The maximum atomic E-state index is 13.8. The fourth-order valence-corrected chi connectivity index (χ4v) is 2.95. The molecule has 1 amide bonds. The van der Waals surface area contributed by atoms with Crippen LogP contribution in [0, 0.1) is 11.6 Å². The molecule has 3 rings (SSSR count). The molecule has 1 heterocycles. The van der Waals surface area contributed by atoms with Crippen molar-refractivity contribution >= 4 is 28.1 Å². The highest BCUT2D eigenvalue weighted by Gasteiger charge is 2.13. The van der Waals surface area contributed by atoms with Crippen LogP contribution in [0.4, 0.5) is 19.6 Å². The maximum Gasteiger partial charge on any atom is 0.257 e. The predicted molar refractivity (Wildman–Crippen MR) is 96.2 cm³/mol. The summed E-state index contributed by atoms with van der Waals surface area (Å²) in [5.74, 6) is -1.43. The van der Waals surface area contributed by atoms with Gasteiger partial charge in [-0.1, -0.05) is 6.07 Å². The summed E-state index contributed by atoms with van der Waals surface area (Å²) in [5.41, 5.74) is 1.72. The largest absolute Gasteiger partial charge is 0.378 e. The first kappa shape index (κ1) is 17.0. The van der Waals surface area contributed by atoms with Crippen LogP contribution in [0.1, 0.15) is 10.4 Å². The number of aromatic nitrogens is 1. The Morgan fingerprint density at radius 2 is 1.96 bits per heavy atom. The summed E-state index contributed by atoms with van der Waals surface area (Å²) in [6, 6.07) is 10.3. The van der Waals surface area contributed by atoms with E-state index in [0.717, 1.165) is 35.2 Å². The van der Waals surface area contributed by atoms with Gasteiger partial charge < -0.3 is 4.90 Å². The molecule has 0 spiro atoms. The highest BCUT2D eigenvalue weighted by atomic mass is 32.1. The fraction of sp³-hybridized carbons (Fsp3) is 0.111. The van der Waals surface area contributed by atoms with E-state index in [-0.39, 0.29) is 17.2 Å². The van der Waals surface area contributed by atoms with Gasteiger partial charge in [0.2, 0.25) is 0 Å². The van der Waals surface area contributed by atoms with E-state index >= 15 is 0 Å². The van der Waals surface area contributed by atoms with Crippen molar-refractivity contribution in [2.24, 2.45) is 0 Å². The lowest BCUT2D eigenvalue weighted by Gasteiger charge is -2.13. The Hall–Kier alpha value is -2.80. The molecule has 0 bridgehead atoms. The number of nitrogens with one attached hydrogen (secondary N) is 1. The summed E-state index contributed by atoms with van der Waals surface area (Å²) in [7, 11) is 3.77. The second-order valence-corrected chi connectivity index (χ2v) is 6.42. The number of carbonyl (C=O) groups excluding carboxylic acids is 1. The van der Waals surface area contributed by atoms with Gasteiger partial charge in [-0.05, 0) is 36.4 Å². The van der Waals surface area contributed by atoms with Crippen LogP contribution in [0.25, 0.3) is 11.3 Å². The number of amides is 1. The summed E-state index contributed by atoms with van der Waals surface area (Å²) in [5, 5.41) is 4.57. The Bertz CT molecular complexity index is 924. The number of halogens is 2. The van der Waals surface area contributed by atoms with E-state index in [1.54, 1.807) is 23.6 Å². The summed E-state index contributed by atoms with van der Waals surface area (Å²) >= 11 is 1.15. The molecule has 25 heavy (non-hydrogen) atoms. The molecule has 0 saturated heterocycles. The molecule has 7 heteroatoms.